The lowest BCUT2D eigenvalue weighted by Crippen LogP contribution is -2.52. The highest BCUT2D eigenvalue weighted by molar-refractivity contribution is 7.92. The van der Waals surface area contributed by atoms with Gasteiger partial charge >= 0.3 is 0 Å². The number of nitrogens with one attached hydrogen (secondary N) is 1. The fourth-order valence-corrected chi connectivity index (χ4v) is 5.45. The summed E-state index contributed by atoms with van der Waals surface area (Å²) in [5, 5.41) is 3.23. The summed E-state index contributed by atoms with van der Waals surface area (Å²) in [6.45, 7) is 5.06. The van der Waals surface area contributed by atoms with E-state index in [2.05, 4.69) is 5.32 Å². The Morgan fingerprint density at radius 2 is 1.64 bits per heavy atom. The molecule has 208 valence electrons. The molecular weight excluding hydrogens is 538 g/mol. The van der Waals surface area contributed by atoms with Crippen LogP contribution in [-0.4, -0.2) is 50.9 Å². The lowest BCUT2D eigenvalue weighted by atomic mass is 10.1. The number of carbonyl (C=O) groups is 2. The Morgan fingerprint density at radius 3 is 2.23 bits per heavy atom. The fourth-order valence-electron chi connectivity index (χ4n) is 3.86. The second-order valence-corrected chi connectivity index (χ2v) is 11.5. The lowest BCUT2D eigenvalue weighted by molar-refractivity contribution is -0.139. The minimum Gasteiger partial charge on any atom is -0.497 e. The summed E-state index contributed by atoms with van der Waals surface area (Å²) in [6, 6.07) is 20.5. The average Bonchev–Trinajstić information content (AvgIpc) is 2.94. The summed E-state index contributed by atoms with van der Waals surface area (Å²) in [4.78, 5) is 28.3. The minimum absolute atomic E-state index is 0.0201. The van der Waals surface area contributed by atoms with E-state index in [4.69, 9.17) is 16.3 Å². The van der Waals surface area contributed by atoms with E-state index in [1.165, 1.54) is 42.3 Å². The SMILES string of the molecule is CCC(C)NC(=O)C(C)N(Cc1ccccc1)C(=O)CN(c1cccc(Cl)c1)S(=O)(=O)c1ccc(OC)cc1. The molecule has 0 aliphatic rings. The number of rotatable bonds is 12. The first-order chi connectivity index (χ1) is 18.6. The maximum Gasteiger partial charge on any atom is 0.264 e. The van der Waals surface area contributed by atoms with E-state index in [-0.39, 0.29) is 29.1 Å². The molecule has 3 rings (SSSR count). The van der Waals surface area contributed by atoms with Gasteiger partial charge in [-0.2, -0.15) is 0 Å². The number of sulfonamides is 1. The first-order valence-electron chi connectivity index (χ1n) is 12.6. The van der Waals surface area contributed by atoms with Crippen molar-refractivity contribution >= 4 is 39.1 Å². The normalized spacial score (nSPS) is 12.7. The van der Waals surface area contributed by atoms with Crippen LogP contribution in [0, 0.1) is 0 Å². The van der Waals surface area contributed by atoms with Crippen LogP contribution >= 0.6 is 11.6 Å². The molecule has 2 amide bonds. The van der Waals surface area contributed by atoms with Gasteiger partial charge in [0.25, 0.3) is 10.0 Å². The molecule has 0 bridgehead atoms. The third-order valence-electron chi connectivity index (χ3n) is 6.39. The van der Waals surface area contributed by atoms with Crippen LogP contribution in [0.15, 0.2) is 83.8 Å². The van der Waals surface area contributed by atoms with Crippen molar-refractivity contribution in [3.63, 3.8) is 0 Å². The molecule has 0 saturated carbocycles. The predicted molar refractivity (Wildman–Crippen MR) is 153 cm³/mol. The standard InChI is InChI=1S/C29H34ClN3O5S/c1-5-21(2)31-29(35)22(3)32(19-23-10-7-6-8-11-23)28(34)20-33(25-13-9-12-24(30)18-25)39(36,37)27-16-14-26(38-4)15-17-27/h6-18,21-22H,5,19-20H2,1-4H3,(H,31,35). The van der Waals surface area contributed by atoms with Gasteiger partial charge in [0.1, 0.15) is 18.3 Å². The molecular formula is C29H34ClN3O5S. The summed E-state index contributed by atoms with van der Waals surface area (Å²) < 4.78 is 33.8. The van der Waals surface area contributed by atoms with E-state index in [0.29, 0.717) is 10.8 Å². The van der Waals surface area contributed by atoms with Gasteiger partial charge in [0.15, 0.2) is 0 Å². The number of hydrogen-bond donors (Lipinski definition) is 1. The third-order valence-corrected chi connectivity index (χ3v) is 8.41. The maximum atomic E-state index is 13.9. The number of amides is 2. The van der Waals surface area contributed by atoms with Crippen LogP contribution in [0.25, 0.3) is 0 Å². The molecule has 3 aromatic carbocycles. The summed E-state index contributed by atoms with van der Waals surface area (Å²) in [5.74, 6) is -0.363. The number of nitrogens with zero attached hydrogens (tertiary/aromatic N) is 2. The Balaban J connectivity index is 2.01. The highest BCUT2D eigenvalue weighted by Gasteiger charge is 2.33. The third kappa shape index (κ3) is 7.74. The van der Waals surface area contributed by atoms with E-state index >= 15 is 0 Å². The van der Waals surface area contributed by atoms with Crippen LogP contribution in [-0.2, 0) is 26.2 Å². The molecule has 0 aromatic heterocycles. The van der Waals surface area contributed by atoms with Gasteiger partial charge in [-0.25, -0.2) is 8.42 Å². The smallest absolute Gasteiger partial charge is 0.264 e. The van der Waals surface area contributed by atoms with Gasteiger partial charge in [0.2, 0.25) is 11.8 Å². The van der Waals surface area contributed by atoms with Gasteiger partial charge in [-0.15, -0.1) is 0 Å². The Kier molecular flexibility index (Phi) is 10.4. The number of halogens is 1. The zero-order chi connectivity index (χ0) is 28.6. The quantitative estimate of drug-likeness (QED) is 0.334. The Bertz CT molecular complexity index is 1370. The van der Waals surface area contributed by atoms with E-state index in [1.54, 1.807) is 25.1 Å². The molecule has 1 N–H and O–H groups in total. The van der Waals surface area contributed by atoms with Crippen molar-refractivity contribution in [2.75, 3.05) is 18.0 Å². The monoisotopic (exact) mass is 571 g/mol. The first kappa shape index (κ1) is 30.0. The molecule has 3 aromatic rings. The molecule has 2 unspecified atom stereocenters. The number of methoxy groups -OCH3 is 1. The second-order valence-electron chi connectivity index (χ2n) is 9.17. The first-order valence-corrected chi connectivity index (χ1v) is 14.4. The maximum absolute atomic E-state index is 13.9. The molecule has 0 heterocycles. The van der Waals surface area contributed by atoms with Crippen LogP contribution in [0.1, 0.15) is 32.8 Å². The van der Waals surface area contributed by atoms with Crippen LogP contribution in [0.5, 0.6) is 5.75 Å². The lowest BCUT2D eigenvalue weighted by Gasteiger charge is -2.32. The molecule has 0 aliphatic carbocycles. The molecule has 8 nitrogen and oxygen atoms in total. The molecule has 0 aliphatic heterocycles. The summed E-state index contributed by atoms with van der Waals surface area (Å²) in [7, 11) is -2.71. The number of hydrogen-bond acceptors (Lipinski definition) is 5. The summed E-state index contributed by atoms with van der Waals surface area (Å²) in [6.07, 6.45) is 0.730. The highest BCUT2D eigenvalue weighted by Crippen LogP contribution is 2.28. The summed E-state index contributed by atoms with van der Waals surface area (Å²) >= 11 is 6.20. The molecule has 0 fully saturated rings. The van der Waals surface area contributed by atoms with Crippen molar-refractivity contribution in [2.24, 2.45) is 0 Å². The topological polar surface area (TPSA) is 96.0 Å². The number of anilines is 1. The molecule has 0 radical (unpaired) electrons. The second kappa shape index (κ2) is 13.5. The van der Waals surface area contributed by atoms with Gasteiger partial charge in [-0.1, -0.05) is 54.9 Å². The van der Waals surface area contributed by atoms with E-state index < -0.39 is 28.5 Å². The molecule has 10 heteroatoms. The van der Waals surface area contributed by atoms with Gasteiger partial charge in [-0.3, -0.25) is 13.9 Å². The van der Waals surface area contributed by atoms with Crippen LogP contribution in [0.2, 0.25) is 5.02 Å². The zero-order valence-corrected chi connectivity index (χ0v) is 24.1. The van der Waals surface area contributed by atoms with E-state index in [1.807, 2.05) is 44.2 Å². The number of carbonyl (C=O) groups excluding carboxylic acids is 2. The highest BCUT2D eigenvalue weighted by atomic mass is 35.5. The van der Waals surface area contributed by atoms with Crippen LogP contribution in [0.4, 0.5) is 5.69 Å². The number of benzene rings is 3. The Morgan fingerprint density at radius 1 is 0.974 bits per heavy atom. The fraction of sp³-hybridized carbons (Fsp3) is 0.310. The van der Waals surface area contributed by atoms with Gasteiger partial charge in [0.05, 0.1) is 17.7 Å². The van der Waals surface area contributed by atoms with Crippen molar-refractivity contribution < 1.29 is 22.7 Å². The van der Waals surface area contributed by atoms with E-state index in [9.17, 15) is 18.0 Å². The van der Waals surface area contributed by atoms with Crippen molar-refractivity contribution in [3.8, 4) is 5.75 Å². The largest absolute Gasteiger partial charge is 0.497 e. The Labute approximate surface area is 235 Å². The predicted octanol–water partition coefficient (Wildman–Crippen LogP) is 4.88. The van der Waals surface area contributed by atoms with Crippen LogP contribution < -0.4 is 14.4 Å². The number of ether oxygens (including phenoxy) is 1. The summed E-state index contributed by atoms with van der Waals surface area (Å²) in [5.41, 5.74) is 1.03. The molecule has 2 atom stereocenters. The van der Waals surface area contributed by atoms with Crippen molar-refractivity contribution in [1.82, 2.24) is 10.2 Å². The molecule has 0 saturated heterocycles. The van der Waals surface area contributed by atoms with Gasteiger partial charge < -0.3 is 15.0 Å². The zero-order valence-electron chi connectivity index (χ0n) is 22.5. The molecule has 0 spiro atoms. The van der Waals surface area contributed by atoms with Crippen molar-refractivity contribution in [1.29, 1.82) is 0 Å². The Hall–Kier alpha value is -3.56. The van der Waals surface area contributed by atoms with Gasteiger partial charge in [0, 0.05) is 17.6 Å². The van der Waals surface area contributed by atoms with Crippen molar-refractivity contribution in [3.05, 3.63) is 89.4 Å². The minimum atomic E-state index is -4.20. The van der Waals surface area contributed by atoms with Crippen LogP contribution in [0.3, 0.4) is 0 Å². The van der Waals surface area contributed by atoms with Crippen molar-refractivity contribution in [2.45, 2.75) is 50.7 Å². The van der Waals surface area contributed by atoms with E-state index in [0.717, 1.165) is 16.3 Å². The average molecular weight is 572 g/mol. The molecule has 39 heavy (non-hydrogen) atoms. The van der Waals surface area contributed by atoms with Gasteiger partial charge in [-0.05, 0) is 68.3 Å².